The third-order valence-electron chi connectivity index (χ3n) is 4.81. The van der Waals surface area contributed by atoms with Gasteiger partial charge in [-0.3, -0.25) is 13.9 Å². The summed E-state index contributed by atoms with van der Waals surface area (Å²) < 4.78 is 3.59. The fraction of sp³-hybridized carbons (Fsp3) is 0.182. The van der Waals surface area contributed by atoms with Crippen LogP contribution >= 0.6 is 0 Å². The van der Waals surface area contributed by atoms with E-state index in [4.69, 9.17) is 9.97 Å². The van der Waals surface area contributed by atoms with Crippen molar-refractivity contribution in [1.29, 1.82) is 0 Å². The van der Waals surface area contributed by atoms with Gasteiger partial charge in [-0.15, -0.1) is 0 Å². The lowest BCUT2D eigenvalue weighted by molar-refractivity contribution is 0.508. The third-order valence-corrected chi connectivity index (χ3v) is 4.81. The minimum absolute atomic E-state index is 0.0806. The van der Waals surface area contributed by atoms with Crippen molar-refractivity contribution in [2.24, 2.45) is 5.92 Å². The first kappa shape index (κ1) is 16.6. The molecule has 0 unspecified atom stereocenters. The molecular formula is C22H19N5O. The molecule has 6 heteroatoms. The van der Waals surface area contributed by atoms with Gasteiger partial charge < -0.3 is 0 Å². The summed E-state index contributed by atoms with van der Waals surface area (Å²) in [5, 5.41) is 0.514. The van der Waals surface area contributed by atoms with Gasteiger partial charge in [-0.2, -0.15) is 0 Å². The second-order valence-electron chi connectivity index (χ2n) is 7.35. The molecule has 28 heavy (non-hydrogen) atoms. The van der Waals surface area contributed by atoms with E-state index in [1.807, 2.05) is 59.2 Å². The van der Waals surface area contributed by atoms with E-state index in [0.717, 1.165) is 16.7 Å². The molecule has 0 fully saturated rings. The molecule has 0 spiro atoms. The van der Waals surface area contributed by atoms with Gasteiger partial charge in [-0.25, -0.2) is 15.0 Å². The van der Waals surface area contributed by atoms with Gasteiger partial charge in [0.1, 0.15) is 10.9 Å². The average molecular weight is 369 g/mol. The first-order valence-electron chi connectivity index (χ1n) is 9.35. The van der Waals surface area contributed by atoms with E-state index in [1.165, 1.54) is 0 Å². The van der Waals surface area contributed by atoms with Gasteiger partial charge >= 0.3 is 0 Å². The van der Waals surface area contributed by atoms with Gasteiger partial charge in [0.05, 0.1) is 17.4 Å². The lowest BCUT2D eigenvalue weighted by atomic mass is 10.2. The van der Waals surface area contributed by atoms with Crippen LogP contribution in [-0.4, -0.2) is 24.1 Å². The number of nitrogens with zero attached hydrogens (tertiary/aromatic N) is 5. The van der Waals surface area contributed by atoms with Crippen LogP contribution in [0.25, 0.3) is 38.9 Å². The van der Waals surface area contributed by atoms with Crippen molar-refractivity contribution in [3.05, 3.63) is 71.3 Å². The van der Waals surface area contributed by atoms with E-state index in [9.17, 15) is 4.79 Å². The van der Waals surface area contributed by atoms with Crippen LogP contribution in [-0.2, 0) is 6.54 Å². The summed E-state index contributed by atoms with van der Waals surface area (Å²) in [5.74, 6) is 0.339. The van der Waals surface area contributed by atoms with E-state index in [0.29, 0.717) is 34.7 Å². The highest BCUT2D eigenvalue weighted by atomic mass is 16.1. The highest BCUT2D eigenvalue weighted by molar-refractivity contribution is 6.05. The van der Waals surface area contributed by atoms with Crippen molar-refractivity contribution in [3.63, 3.8) is 0 Å². The van der Waals surface area contributed by atoms with Crippen LogP contribution in [0.3, 0.4) is 0 Å². The number of hydrogen-bond acceptors (Lipinski definition) is 4. The lowest BCUT2D eigenvalue weighted by Crippen LogP contribution is -2.23. The Morgan fingerprint density at radius 2 is 1.57 bits per heavy atom. The maximum absolute atomic E-state index is 13.3. The number of benzene rings is 2. The standard InChI is InChI=1S/C22H19N5O/c1-14(2)12-26-13-23-20-18(22(26)28)19-21(27(20)15-8-4-3-5-9-15)25-17-11-7-6-10-16(17)24-19/h3-11,13-14H,12H2,1-2H3. The Labute approximate surface area is 161 Å². The van der Waals surface area contributed by atoms with E-state index < -0.39 is 0 Å². The maximum atomic E-state index is 13.3. The number of aromatic nitrogens is 5. The third kappa shape index (κ3) is 2.49. The normalized spacial score (nSPS) is 11.8. The van der Waals surface area contributed by atoms with Crippen LogP contribution in [0.2, 0.25) is 0 Å². The molecule has 0 radical (unpaired) electrons. The molecule has 0 atom stereocenters. The Hall–Kier alpha value is -3.54. The molecule has 0 bridgehead atoms. The first-order chi connectivity index (χ1) is 13.6. The van der Waals surface area contributed by atoms with Crippen molar-refractivity contribution in [2.45, 2.75) is 20.4 Å². The molecule has 0 saturated heterocycles. The smallest absolute Gasteiger partial charge is 0.265 e. The van der Waals surface area contributed by atoms with Gasteiger partial charge in [0.2, 0.25) is 0 Å². The Morgan fingerprint density at radius 3 is 2.29 bits per heavy atom. The zero-order chi connectivity index (χ0) is 19.3. The first-order valence-corrected chi connectivity index (χ1v) is 9.35. The van der Waals surface area contributed by atoms with Crippen LogP contribution in [0.15, 0.2) is 65.7 Å². The van der Waals surface area contributed by atoms with Crippen LogP contribution in [0.4, 0.5) is 0 Å². The molecule has 0 N–H and O–H groups in total. The van der Waals surface area contributed by atoms with Crippen molar-refractivity contribution in [2.75, 3.05) is 0 Å². The molecule has 6 nitrogen and oxygen atoms in total. The number of hydrogen-bond donors (Lipinski definition) is 0. The minimum atomic E-state index is -0.0806. The highest BCUT2D eigenvalue weighted by Gasteiger charge is 2.20. The second-order valence-corrected chi connectivity index (χ2v) is 7.35. The van der Waals surface area contributed by atoms with Gasteiger partial charge in [0.25, 0.3) is 5.56 Å². The van der Waals surface area contributed by atoms with Gasteiger partial charge in [0, 0.05) is 12.2 Å². The summed E-state index contributed by atoms with van der Waals surface area (Å²) in [6, 6.07) is 17.6. The van der Waals surface area contributed by atoms with E-state index in [-0.39, 0.29) is 5.56 Å². The Bertz CT molecular complexity index is 1380. The summed E-state index contributed by atoms with van der Waals surface area (Å²) in [5.41, 5.74) is 4.20. The van der Waals surface area contributed by atoms with E-state index in [2.05, 4.69) is 18.8 Å². The topological polar surface area (TPSA) is 65.6 Å². The van der Waals surface area contributed by atoms with Crippen molar-refractivity contribution in [1.82, 2.24) is 24.1 Å². The number of para-hydroxylation sites is 3. The predicted octanol–water partition coefficient (Wildman–Crippen LogP) is 3.94. The zero-order valence-corrected chi connectivity index (χ0v) is 15.7. The van der Waals surface area contributed by atoms with E-state index in [1.54, 1.807) is 10.9 Å². The van der Waals surface area contributed by atoms with E-state index >= 15 is 0 Å². The molecule has 0 amide bonds. The molecule has 0 saturated carbocycles. The van der Waals surface area contributed by atoms with Crippen LogP contribution in [0, 0.1) is 5.92 Å². The van der Waals surface area contributed by atoms with Gasteiger partial charge in [0.15, 0.2) is 11.3 Å². The van der Waals surface area contributed by atoms with Gasteiger partial charge in [-0.1, -0.05) is 44.2 Å². The fourth-order valence-electron chi connectivity index (χ4n) is 3.62. The van der Waals surface area contributed by atoms with Crippen molar-refractivity contribution < 1.29 is 0 Å². The lowest BCUT2D eigenvalue weighted by Gasteiger charge is -2.09. The molecular weight excluding hydrogens is 350 g/mol. The monoisotopic (exact) mass is 369 g/mol. The SMILES string of the molecule is CC(C)Cn1cnc2c(c1=O)c1nc3ccccc3nc1n2-c1ccccc1. The largest absolute Gasteiger partial charge is 0.298 e. The minimum Gasteiger partial charge on any atom is -0.298 e. The van der Waals surface area contributed by atoms with Crippen LogP contribution < -0.4 is 5.56 Å². The highest BCUT2D eigenvalue weighted by Crippen LogP contribution is 2.28. The molecule has 2 aromatic carbocycles. The summed E-state index contributed by atoms with van der Waals surface area (Å²) in [6.45, 7) is 4.77. The van der Waals surface area contributed by atoms with Crippen molar-refractivity contribution in [3.8, 4) is 5.69 Å². The number of rotatable bonds is 3. The zero-order valence-electron chi connectivity index (χ0n) is 15.7. The quantitative estimate of drug-likeness (QED) is 0.483. The predicted molar refractivity (Wildman–Crippen MR) is 111 cm³/mol. The summed E-state index contributed by atoms with van der Waals surface area (Å²) >= 11 is 0. The molecule has 5 rings (SSSR count). The molecule has 0 aliphatic rings. The summed E-state index contributed by atoms with van der Waals surface area (Å²) in [6.07, 6.45) is 1.63. The molecule has 0 aliphatic heterocycles. The Kier molecular flexibility index (Phi) is 3.72. The van der Waals surface area contributed by atoms with Gasteiger partial charge in [-0.05, 0) is 30.2 Å². The average Bonchev–Trinajstić information content (AvgIpc) is 3.02. The summed E-state index contributed by atoms with van der Waals surface area (Å²) in [7, 11) is 0. The molecule has 138 valence electrons. The molecule has 3 heterocycles. The second kappa shape index (κ2) is 6.27. The van der Waals surface area contributed by atoms with Crippen LogP contribution in [0.1, 0.15) is 13.8 Å². The summed E-state index contributed by atoms with van der Waals surface area (Å²) in [4.78, 5) is 27.6. The molecule has 0 aliphatic carbocycles. The molecule has 3 aromatic heterocycles. The Morgan fingerprint density at radius 1 is 0.893 bits per heavy atom. The Balaban J connectivity index is 1.97. The van der Waals surface area contributed by atoms with Crippen molar-refractivity contribution >= 4 is 33.2 Å². The fourth-order valence-corrected chi connectivity index (χ4v) is 3.62. The maximum Gasteiger partial charge on any atom is 0.265 e. The number of fused-ring (bicyclic) bond motifs is 4. The molecule has 5 aromatic rings. The van der Waals surface area contributed by atoms with Crippen LogP contribution in [0.5, 0.6) is 0 Å².